The second-order valence-electron chi connectivity index (χ2n) is 8.44. The van der Waals surface area contributed by atoms with Crippen LogP contribution in [-0.4, -0.2) is 38.4 Å². The Kier molecular flexibility index (Phi) is 5.31. The lowest BCUT2D eigenvalue weighted by Gasteiger charge is -2.20. The average molecular weight is 452 g/mol. The van der Waals surface area contributed by atoms with Crippen LogP contribution in [0, 0.1) is 0 Å². The molecule has 6 rings (SSSR count). The third kappa shape index (κ3) is 3.74. The van der Waals surface area contributed by atoms with E-state index in [0.29, 0.717) is 11.7 Å². The van der Waals surface area contributed by atoms with Gasteiger partial charge < -0.3 is 14.5 Å². The highest BCUT2D eigenvalue weighted by Crippen LogP contribution is 2.34. The predicted molar refractivity (Wildman–Crippen MR) is 130 cm³/mol. The van der Waals surface area contributed by atoms with Crippen molar-refractivity contribution in [3.05, 3.63) is 95.8 Å². The Hall–Kier alpha value is -3.97. The van der Waals surface area contributed by atoms with Crippen LogP contribution in [0.5, 0.6) is 5.88 Å². The smallest absolute Gasteiger partial charge is 0.214 e. The number of nitrogens with one attached hydrogen (secondary N) is 1. The summed E-state index contributed by atoms with van der Waals surface area (Å²) < 4.78 is 13.3. The molecule has 7 heteroatoms. The van der Waals surface area contributed by atoms with Gasteiger partial charge in [0.05, 0.1) is 12.8 Å². The number of nitrogens with zero attached hydrogens (tertiary/aromatic N) is 4. The Balaban J connectivity index is 1.55. The van der Waals surface area contributed by atoms with E-state index >= 15 is 0 Å². The fraction of sp³-hybridized carbons (Fsp3) is 0.222. The Labute approximate surface area is 197 Å². The van der Waals surface area contributed by atoms with Crippen molar-refractivity contribution in [1.82, 2.24) is 24.7 Å². The zero-order valence-corrected chi connectivity index (χ0v) is 18.9. The molecule has 2 aromatic carbocycles. The first kappa shape index (κ1) is 20.6. The highest BCUT2D eigenvalue weighted by atomic mass is 16.5. The number of methoxy groups -OCH3 is 1. The number of benzene rings is 2. The molecule has 0 radical (unpaired) electrons. The Morgan fingerprint density at radius 3 is 2.35 bits per heavy atom. The molecule has 170 valence electrons. The third-order valence-corrected chi connectivity index (χ3v) is 6.24. The van der Waals surface area contributed by atoms with E-state index in [2.05, 4.69) is 64.6 Å². The van der Waals surface area contributed by atoms with Gasteiger partial charge in [-0.2, -0.15) is 10.1 Å². The predicted octanol–water partition coefficient (Wildman–Crippen LogP) is 5.32. The standard InChI is InChI=1S/C27H25N5O2/c1-33-23-15-14-20-17-21(28-25(20)29-23)27-30-26(22-13-8-16-34-22)31-32(27)24(18-9-4-2-5-10-18)19-11-6-3-7-12-19/h2-7,9-12,14-15,17,22,24H,8,13,16H2,1H3,(H,28,29). The van der Waals surface area contributed by atoms with E-state index in [1.165, 1.54) is 0 Å². The summed E-state index contributed by atoms with van der Waals surface area (Å²) in [5.74, 6) is 2.03. The van der Waals surface area contributed by atoms with Crippen LogP contribution in [0.1, 0.15) is 41.9 Å². The molecule has 1 saturated heterocycles. The van der Waals surface area contributed by atoms with Gasteiger partial charge in [-0.05, 0) is 36.1 Å². The van der Waals surface area contributed by atoms with Crippen molar-refractivity contribution in [2.75, 3.05) is 13.7 Å². The third-order valence-electron chi connectivity index (χ3n) is 6.24. The number of fused-ring (bicyclic) bond motifs is 1. The van der Waals surface area contributed by atoms with E-state index in [4.69, 9.17) is 19.6 Å². The van der Waals surface area contributed by atoms with Crippen LogP contribution in [0.2, 0.25) is 0 Å². The zero-order chi connectivity index (χ0) is 22.9. The van der Waals surface area contributed by atoms with Crippen LogP contribution < -0.4 is 4.74 Å². The molecule has 1 atom stereocenters. The molecule has 1 aliphatic rings. The van der Waals surface area contributed by atoms with Crippen molar-refractivity contribution in [2.24, 2.45) is 0 Å². The van der Waals surface area contributed by atoms with Crippen LogP contribution in [0.15, 0.2) is 78.9 Å². The number of hydrogen-bond acceptors (Lipinski definition) is 5. The molecule has 1 fully saturated rings. The second-order valence-corrected chi connectivity index (χ2v) is 8.44. The molecule has 1 N–H and O–H groups in total. The van der Waals surface area contributed by atoms with Crippen molar-refractivity contribution >= 4 is 11.0 Å². The van der Waals surface area contributed by atoms with Gasteiger partial charge >= 0.3 is 0 Å². The highest BCUT2D eigenvalue weighted by molar-refractivity contribution is 5.82. The van der Waals surface area contributed by atoms with Gasteiger partial charge in [0, 0.05) is 18.1 Å². The summed E-state index contributed by atoms with van der Waals surface area (Å²) in [6, 6.07) is 26.6. The van der Waals surface area contributed by atoms with Gasteiger partial charge in [0.1, 0.15) is 17.8 Å². The van der Waals surface area contributed by atoms with Gasteiger partial charge in [-0.1, -0.05) is 60.7 Å². The summed E-state index contributed by atoms with van der Waals surface area (Å²) in [6.45, 7) is 0.742. The number of pyridine rings is 1. The number of aromatic amines is 1. The van der Waals surface area contributed by atoms with Gasteiger partial charge in [-0.25, -0.2) is 9.67 Å². The number of rotatable bonds is 6. The molecule has 4 heterocycles. The van der Waals surface area contributed by atoms with Crippen LogP contribution in [-0.2, 0) is 4.74 Å². The van der Waals surface area contributed by atoms with Crippen molar-refractivity contribution in [3.8, 4) is 17.4 Å². The minimum Gasteiger partial charge on any atom is -0.481 e. The van der Waals surface area contributed by atoms with Gasteiger partial charge in [-0.15, -0.1) is 0 Å². The lowest BCUT2D eigenvalue weighted by molar-refractivity contribution is 0.105. The quantitative estimate of drug-likeness (QED) is 0.378. The van der Waals surface area contributed by atoms with Gasteiger partial charge in [0.15, 0.2) is 11.6 Å². The first-order valence-electron chi connectivity index (χ1n) is 11.5. The van der Waals surface area contributed by atoms with Crippen molar-refractivity contribution in [2.45, 2.75) is 25.0 Å². The Morgan fingerprint density at radius 1 is 0.971 bits per heavy atom. The molecule has 0 aliphatic carbocycles. The van der Waals surface area contributed by atoms with Crippen LogP contribution in [0.4, 0.5) is 0 Å². The van der Waals surface area contributed by atoms with Crippen molar-refractivity contribution in [1.29, 1.82) is 0 Å². The molecule has 1 aliphatic heterocycles. The minimum atomic E-state index is -0.144. The molecule has 0 bridgehead atoms. The van der Waals surface area contributed by atoms with Crippen LogP contribution in [0.25, 0.3) is 22.6 Å². The maximum Gasteiger partial charge on any atom is 0.214 e. The molecule has 1 unspecified atom stereocenters. The number of H-pyrrole nitrogens is 1. The maximum atomic E-state index is 5.95. The molecule has 0 amide bonds. The fourth-order valence-corrected chi connectivity index (χ4v) is 4.59. The van der Waals surface area contributed by atoms with Gasteiger partial charge in [0.2, 0.25) is 5.88 Å². The summed E-state index contributed by atoms with van der Waals surface area (Å²) >= 11 is 0. The van der Waals surface area contributed by atoms with Gasteiger partial charge in [-0.3, -0.25) is 0 Å². The van der Waals surface area contributed by atoms with Gasteiger partial charge in [0.25, 0.3) is 0 Å². The molecule has 34 heavy (non-hydrogen) atoms. The molecule has 5 aromatic rings. The molecule has 0 saturated carbocycles. The summed E-state index contributed by atoms with van der Waals surface area (Å²) in [6.07, 6.45) is 1.86. The molecule has 7 nitrogen and oxygen atoms in total. The first-order valence-corrected chi connectivity index (χ1v) is 11.5. The Bertz CT molecular complexity index is 1370. The van der Waals surface area contributed by atoms with E-state index in [9.17, 15) is 0 Å². The normalized spacial score (nSPS) is 15.9. The molecule has 0 spiro atoms. The van der Waals surface area contributed by atoms with Crippen LogP contribution in [0.3, 0.4) is 0 Å². The highest BCUT2D eigenvalue weighted by Gasteiger charge is 2.29. The maximum absolute atomic E-state index is 5.95. The SMILES string of the molecule is COc1ccc2cc(-c3nc(C4CCCO4)nn3C(c3ccccc3)c3ccccc3)[nH]c2n1. The molecule has 3 aromatic heterocycles. The monoisotopic (exact) mass is 451 g/mol. The van der Waals surface area contributed by atoms with E-state index in [0.717, 1.165) is 53.1 Å². The Morgan fingerprint density at radius 2 is 1.71 bits per heavy atom. The van der Waals surface area contributed by atoms with E-state index in [1.807, 2.05) is 28.9 Å². The summed E-state index contributed by atoms with van der Waals surface area (Å²) in [7, 11) is 1.62. The van der Waals surface area contributed by atoms with Crippen molar-refractivity contribution < 1.29 is 9.47 Å². The van der Waals surface area contributed by atoms with E-state index in [-0.39, 0.29) is 12.1 Å². The number of hydrogen-bond donors (Lipinski definition) is 1. The molecular weight excluding hydrogens is 426 g/mol. The average Bonchev–Trinajstić information content (AvgIpc) is 3.64. The summed E-state index contributed by atoms with van der Waals surface area (Å²) in [4.78, 5) is 13.0. The van der Waals surface area contributed by atoms with E-state index < -0.39 is 0 Å². The summed E-state index contributed by atoms with van der Waals surface area (Å²) in [5.41, 5.74) is 3.87. The summed E-state index contributed by atoms with van der Waals surface area (Å²) in [5, 5.41) is 6.03. The lowest BCUT2D eigenvalue weighted by atomic mass is 9.99. The topological polar surface area (TPSA) is 77.9 Å². The lowest BCUT2D eigenvalue weighted by Crippen LogP contribution is -2.15. The first-order chi connectivity index (χ1) is 16.8. The second kappa shape index (κ2) is 8.76. The number of ether oxygens (including phenoxy) is 2. The largest absolute Gasteiger partial charge is 0.481 e. The fourth-order valence-electron chi connectivity index (χ4n) is 4.59. The van der Waals surface area contributed by atoms with Crippen LogP contribution >= 0.6 is 0 Å². The zero-order valence-electron chi connectivity index (χ0n) is 18.9. The minimum absolute atomic E-state index is 0.0882. The van der Waals surface area contributed by atoms with Crippen molar-refractivity contribution in [3.63, 3.8) is 0 Å². The number of aromatic nitrogens is 5. The molecular formula is C27H25N5O2. The van der Waals surface area contributed by atoms with E-state index in [1.54, 1.807) is 7.11 Å².